The smallest absolute Gasteiger partial charge is 0.200 e. The highest BCUT2D eigenvalue weighted by Crippen LogP contribution is 2.16. The topological polar surface area (TPSA) is 20.2 Å². The lowest BCUT2D eigenvalue weighted by Gasteiger charge is -1.92. The van der Waals surface area contributed by atoms with Crippen molar-refractivity contribution in [2.24, 2.45) is 0 Å². The fraction of sp³-hybridized carbons (Fsp3) is 0. The summed E-state index contributed by atoms with van der Waals surface area (Å²) in [6, 6.07) is 11.4. The van der Waals surface area contributed by atoms with Crippen molar-refractivity contribution in [1.82, 2.24) is 0 Å². The van der Waals surface area contributed by atoms with Gasteiger partial charge in [0.15, 0.2) is 17.4 Å². The number of hydrogen-bond acceptors (Lipinski definition) is 1. The van der Waals surface area contributed by atoms with Crippen molar-refractivity contribution in [3.63, 3.8) is 0 Å². The van der Waals surface area contributed by atoms with Crippen molar-refractivity contribution >= 4 is 38.5 Å². The maximum absolute atomic E-state index is 12.1. The van der Waals surface area contributed by atoms with Crippen molar-refractivity contribution in [1.29, 1.82) is 0 Å². The molecule has 0 aliphatic carbocycles. The van der Waals surface area contributed by atoms with E-state index in [0.717, 1.165) is 16.6 Å². The summed E-state index contributed by atoms with van der Waals surface area (Å²) >= 11 is 5.62. The van der Waals surface area contributed by atoms with Crippen LogP contribution >= 0.6 is 38.5 Å². The zero-order chi connectivity index (χ0) is 12.8. The number of phenols is 1. The Kier molecular flexibility index (Phi) is 5.84. The lowest BCUT2D eigenvalue weighted by atomic mass is 10.3. The van der Waals surface area contributed by atoms with E-state index >= 15 is 0 Å². The number of hydrogen-bond donors (Lipinski definition) is 1. The predicted octanol–water partition coefficient (Wildman–Crippen LogP) is 4.72. The average Bonchev–Trinajstić information content (AvgIpc) is 2.31. The second-order valence-corrected chi connectivity index (χ2v) is 5.17. The second-order valence-electron chi connectivity index (χ2n) is 3.01. The molecule has 0 saturated carbocycles. The van der Waals surface area contributed by atoms with E-state index in [1.807, 2.05) is 12.1 Å². The molecule has 0 saturated heterocycles. The fourth-order valence-electron chi connectivity index (χ4n) is 0.922. The highest BCUT2D eigenvalue weighted by molar-refractivity contribution is 14.1. The van der Waals surface area contributed by atoms with Crippen LogP contribution in [0.4, 0.5) is 8.78 Å². The van der Waals surface area contributed by atoms with Crippen LogP contribution in [0, 0.1) is 15.2 Å². The van der Waals surface area contributed by atoms with Crippen LogP contribution in [-0.4, -0.2) is 5.11 Å². The van der Waals surface area contributed by atoms with Crippen LogP contribution in [0.15, 0.2) is 46.9 Å². The van der Waals surface area contributed by atoms with Gasteiger partial charge in [-0.25, -0.2) is 4.39 Å². The van der Waals surface area contributed by atoms with Gasteiger partial charge < -0.3 is 5.11 Å². The van der Waals surface area contributed by atoms with E-state index in [1.165, 1.54) is 9.64 Å². The molecular weight excluding hydrogens is 405 g/mol. The Balaban J connectivity index is 0.000000171. The van der Waals surface area contributed by atoms with E-state index in [4.69, 9.17) is 5.11 Å². The van der Waals surface area contributed by atoms with E-state index in [0.29, 0.717) is 0 Å². The molecule has 2 rings (SSSR count). The van der Waals surface area contributed by atoms with Gasteiger partial charge in [0.05, 0.1) is 0 Å². The third kappa shape index (κ3) is 4.99. The Morgan fingerprint density at radius 3 is 2.00 bits per heavy atom. The molecule has 0 bridgehead atoms. The molecule has 17 heavy (non-hydrogen) atoms. The number of phenolic OH excluding ortho intramolecular Hbond substituents is 1. The summed E-state index contributed by atoms with van der Waals surface area (Å²) in [5, 5.41) is 8.49. The SMILES string of the molecule is Brc1ccc(I)cc1.Oc1cccc(F)c1F. The van der Waals surface area contributed by atoms with Crippen molar-refractivity contribution < 1.29 is 13.9 Å². The van der Waals surface area contributed by atoms with E-state index in [9.17, 15) is 8.78 Å². The zero-order valence-corrected chi connectivity index (χ0v) is 12.2. The molecule has 0 aliphatic rings. The van der Waals surface area contributed by atoms with Gasteiger partial charge >= 0.3 is 0 Å². The van der Waals surface area contributed by atoms with E-state index < -0.39 is 17.4 Å². The minimum absolute atomic E-state index is 0.657. The summed E-state index contributed by atoms with van der Waals surface area (Å²) < 4.78 is 26.6. The van der Waals surface area contributed by atoms with Crippen molar-refractivity contribution in [2.45, 2.75) is 0 Å². The number of rotatable bonds is 0. The minimum Gasteiger partial charge on any atom is -0.505 e. The third-order valence-electron chi connectivity index (χ3n) is 1.73. The molecule has 0 aliphatic heterocycles. The first-order valence-corrected chi connectivity index (χ1v) is 6.42. The first kappa shape index (κ1) is 14.4. The van der Waals surface area contributed by atoms with Gasteiger partial charge in [0.2, 0.25) is 0 Å². The maximum Gasteiger partial charge on any atom is 0.200 e. The lowest BCUT2D eigenvalue weighted by molar-refractivity contribution is 0.407. The summed E-state index contributed by atoms with van der Waals surface area (Å²) in [7, 11) is 0. The standard InChI is InChI=1S/C6H4BrI.C6H4F2O/c7-5-1-3-6(8)4-2-5;7-4-2-1-3-5(9)6(4)8/h1-4H;1-3,9H. The van der Waals surface area contributed by atoms with Gasteiger partial charge in [0.1, 0.15) is 0 Å². The Labute approximate surface area is 120 Å². The van der Waals surface area contributed by atoms with Gasteiger partial charge in [-0.1, -0.05) is 22.0 Å². The van der Waals surface area contributed by atoms with Gasteiger partial charge in [-0.05, 0) is 59.0 Å². The van der Waals surface area contributed by atoms with Crippen molar-refractivity contribution in [3.8, 4) is 5.75 Å². The van der Waals surface area contributed by atoms with Gasteiger partial charge in [0, 0.05) is 8.04 Å². The summed E-state index contributed by atoms with van der Waals surface area (Å²) in [5.41, 5.74) is 0. The molecule has 2 aromatic rings. The van der Waals surface area contributed by atoms with Crippen LogP contribution < -0.4 is 0 Å². The molecule has 0 radical (unpaired) electrons. The van der Waals surface area contributed by atoms with E-state index in [-0.39, 0.29) is 0 Å². The number of aromatic hydroxyl groups is 1. The van der Waals surface area contributed by atoms with Crippen molar-refractivity contribution in [2.75, 3.05) is 0 Å². The normalized spacial score (nSPS) is 9.41. The Morgan fingerprint density at radius 1 is 1.00 bits per heavy atom. The molecule has 0 heterocycles. The summed E-state index contributed by atoms with van der Waals surface area (Å²) in [6.45, 7) is 0. The summed E-state index contributed by atoms with van der Waals surface area (Å²) in [5.74, 6) is -2.89. The van der Waals surface area contributed by atoms with Gasteiger partial charge in [-0.2, -0.15) is 4.39 Å². The Bertz CT molecular complexity index is 447. The minimum atomic E-state index is -1.20. The molecule has 2 aromatic carbocycles. The number of halogens is 4. The van der Waals surface area contributed by atoms with Crippen LogP contribution in [0.25, 0.3) is 0 Å². The van der Waals surface area contributed by atoms with Crippen LogP contribution in [-0.2, 0) is 0 Å². The lowest BCUT2D eigenvalue weighted by Crippen LogP contribution is -1.81. The van der Waals surface area contributed by atoms with Gasteiger partial charge in [-0.15, -0.1) is 0 Å². The van der Waals surface area contributed by atoms with Gasteiger partial charge in [0.25, 0.3) is 0 Å². The molecule has 1 N–H and O–H groups in total. The van der Waals surface area contributed by atoms with Crippen LogP contribution in [0.3, 0.4) is 0 Å². The molecule has 0 unspecified atom stereocenters. The molecule has 90 valence electrons. The predicted molar refractivity (Wildman–Crippen MR) is 74.9 cm³/mol. The molecule has 1 nitrogen and oxygen atoms in total. The molecule has 0 spiro atoms. The highest BCUT2D eigenvalue weighted by Gasteiger charge is 2.03. The molecular formula is C12H8BrF2IO. The van der Waals surface area contributed by atoms with Crippen LogP contribution in [0.2, 0.25) is 0 Å². The van der Waals surface area contributed by atoms with E-state index in [1.54, 1.807) is 0 Å². The molecule has 0 fully saturated rings. The zero-order valence-electron chi connectivity index (χ0n) is 8.50. The quantitative estimate of drug-likeness (QED) is 0.620. The monoisotopic (exact) mass is 412 g/mol. The first-order chi connectivity index (χ1) is 8.00. The number of benzene rings is 2. The third-order valence-corrected chi connectivity index (χ3v) is 2.98. The Morgan fingerprint density at radius 2 is 1.59 bits per heavy atom. The Hall–Kier alpha value is -0.690. The highest BCUT2D eigenvalue weighted by atomic mass is 127. The summed E-state index contributed by atoms with van der Waals surface area (Å²) in [4.78, 5) is 0. The average molecular weight is 413 g/mol. The summed E-state index contributed by atoms with van der Waals surface area (Å²) in [6.07, 6.45) is 0. The fourth-order valence-corrected chi connectivity index (χ4v) is 1.55. The van der Waals surface area contributed by atoms with E-state index in [2.05, 4.69) is 50.7 Å². The van der Waals surface area contributed by atoms with Gasteiger partial charge in [-0.3, -0.25) is 0 Å². The maximum atomic E-state index is 12.1. The van der Waals surface area contributed by atoms with Crippen LogP contribution in [0.5, 0.6) is 5.75 Å². The second kappa shape index (κ2) is 6.90. The first-order valence-electron chi connectivity index (χ1n) is 4.54. The van der Waals surface area contributed by atoms with Crippen molar-refractivity contribution in [3.05, 3.63) is 62.1 Å². The molecule has 5 heteroatoms. The van der Waals surface area contributed by atoms with Crippen LogP contribution in [0.1, 0.15) is 0 Å². The molecule has 0 aromatic heterocycles. The molecule has 0 atom stereocenters. The molecule has 0 amide bonds. The largest absolute Gasteiger partial charge is 0.505 e.